The van der Waals surface area contributed by atoms with Crippen LogP contribution in [0.15, 0.2) is 41.8 Å². The molecule has 0 aliphatic carbocycles. The number of benzene rings is 1. The lowest BCUT2D eigenvalue weighted by Crippen LogP contribution is -2.22. The van der Waals surface area contributed by atoms with Gasteiger partial charge in [-0.3, -0.25) is 9.59 Å². The first-order chi connectivity index (χ1) is 11.6. The maximum Gasteiger partial charge on any atom is 0.244 e. The second-order valence-corrected chi connectivity index (χ2v) is 6.22. The number of amides is 1. The molecule has 0 aromatic heterocycles. The summed E-state index contributed by atoms with van der Waals surface area (Å²) in [5, 5.41) is 2.80. The molecule has 24 heavy (non-hydrogen) atoms. The average Bonchev–Trinajstić information content (AvgIpc) is 2.58. The van der Waals surface area contributed by atoms with Gasteiger partial charge in [-0.15, -0.1) is 12.6 Å². The molecule has 1 aromatic carbocycles. The van der Waals surface area contributed by atoms with Gasteiger partial charge in [0.1, 0.15) is 0 Å². The van der Waals surface area contributed by atoms with E-state index in [2.05, 4.69) is 31.4 Å². The van der Waals surface area contributed by atoms with Crippen LogP contribution in [-0.4, -0.2) is 18.2 Å². The molecule has 0 atom stereocenters. The highest BCUT2D eigenvalue weighted by molar-refractivity contribution is 7.80. The summed E-state index contributed by atoms with van der Waals surface area (Å²) in [6, 6.07) is 5.17. The zero-order valence-electron chi connectivity index (χ0n) is 14.4. The summed E-state index contributed by atoms with van der Waals surface area (Å²) in [4.78, 5) is 24.4. The van der Waals surface area contributed by atoms with Gasteiger partial charge in [0.25, 0.3) is 0 Å². The van der Waals surface area contributed by atoms with Crippen molar-refractivity contribution in [3.63, 3.8) is 0 Å². The Morgan fingerprint density at radius 1 is 1.12 bits per heavy atom. The van der Waals surface area contributed by atoms with Gasteiger partial charge in [-0.1, -0.05) is 63.8 Å². The lowest BCUT2D eigenvalue weighted by molar-refractivity contribution is -0.116. The molecule has 1 N–H and O–H groups in total. The van der Waals surface area contributed by atoms with Gasteiger partial charge in [-0.05, 0) is 24.1 Å². The van der Waals surface area contributed by atoms with E-state index in [9.17, 15) is 9.59 Å². The molecule has 0 aliphatic heterocycles. The summed E-state index contributed by atoms with van der Waals surface area (Å²) >= 11 is 4.31. The van der Waals surface area contributed by atoms with E-state index < -0.39 is 0 Å². The van der Waals surface area contributed by atoms with E-state index in [0.29, 0.717) is 17.0 Å². The molecule has 0 heterocycles. The molecule has 1 aromatic rings. The molecule has 0 saturated heterocycles. The number of unbranched alkanes of at least 4 members (excludes halogenated alkanes) is 5. The second kappa shape index (κ2) is 11.7. The van der Waals surface area contributed by atoms with E-state index in [0.717, 1.165) is 18.4 Å². The second-order valence-electron chi connectivity index (χ2n) is 5.73. The first kappa shape index (κ1) is 20.2. The number of allylic oxidation sites excluding steroid dienone is 1. The number of nitrogens with one attached hydrogen (secondary N) is 1. The molecular formula is C20H27NO2S. The van der Waals surface area contributed by atoms with Crippen LogP contribution in [0.25, 0.3) is 6.08 Å². The van der Waals surface area contributed by atoms with Gasteiger partial charge in [0, 0.05) is 23.1 Å². The van der Waals surface area contributed by atoms with Crippen molar-refractivity contribution in [3.05, 3.63) is 48.1 Å². The van der Waals surface area contributed by atoms with Crippen molar-refractivity contribution in [2.75, 3.05) is 6.54 Å². The average molecular weight is 346 g/mol. The van der Waals surface area contributed by atoms with Crippen molar-refractivity contribution in [2.24, 2.45) is 0 Å². The van der Waals surface area contributed by atoms with Gasteiger partial charge < -0.3 is 5.32 Å². The van der Waals surface area contributed by atoms with E-state index in [1.54, 1.807) is 24.3 Å². The normalized spacial score (nSPS) is 10.8. The maximum atomic E-state index is 12.1. The number of hydrogen-bond acceptors (Lipinski definition) is 3. The summed E-state index contributed by atoms with van der Waals surface area (Å²) in [5.74, 6) is -0.443. The van der Waals surface area contributed by atoms with Crippen molar-refractivity contribution < 1.29 is 9.59 Å². The molecule has 0 radical (unpaired) electrons. The number of rotatable bonds is 11. The van der Waals surface area contributed by atoms with Crippen LogP contribution < -0.4 is 5.32 Å². The summed E-state index contributed by atoms with van der Waals surface area (Å²) in [7, 11) is 0. The highest BCUT2D eigenvalue weighted by atomic mass is 32.1. The van der Waals surface area contributed by atoms with E-state index >= 15 is 0 Å². The fraction of sp³-hybridized carbons (Fsp3) is 0.400. The standard InChI is InChI=1S/C20H27NO2S/c1-3-5-6-7-8-9-14-21-20(23)13-12-18(22)17-11-10-16(4-2)19(24)15-17/h4,10-13,15,24H,2-3,5-9,14H2,1H3,(H,21,23). The van der Waals surface area contributed by atoms with Crippen molar-refractivity contribution >= 4 is 30.4 Å². The molecule has 1 amide bonds. The first-order valence-corrected chi connectivity index (χ1v) is 8.99. The van der Waals surface area contributed by atoms with Gasteiger partial charge in [0.2, 0.25) is 5.91 Å². The Labute approximate surface area is 150 Å². The van der Waals surface area contributed by atoms with E-state index in [-0.39, 0.29) is 11.7 Å². The molecule has 0 unspecified atom stereocenters. The minimum Gasteiger partial charge on any atom is -0.353 e. The number of ketones is 1. The summed E-state index contributed by atoms with van der Waals surface area (Å²) < 4.78 is 0. The molecule has 4 heteroatoms. The molecule has 130 valence electrons. The Morgan fingerprint density at radius 3 is 2.50 bits per heavy atom. The highest BCUT2D eigenvalue weighted by Crippen LogP contribution is 2.17. The molecule has 0 saturated carbocycles. The quantitative estimate of drug-likeness (QED) is 0.261. The molecule has 1 rings (SSSR count). The predicted octanol–water partition coefficient (Wildman–Crippen LogP) is 4.83. The van der Waals surface area contributed by atoms with E-state index in [1.807, 2.05) is 0 Å². The molecule has 3 nitrogen and oxygen atoms in total. The number of carbonyl (C=O) groups excluding carboxylic acids is 2. The third kappa shape index (κ3) is 7.64. The number of thiol groups is 1. The Hall–Kier alpha value is -1.81. The van der Waals surface area contributed by atoms with Crippen LogP contribution in [0.5, 0.6) is 0 Å². The van der Waals surface area contributed by atoms with Crippen molar-refractivity contribution in [1.29, 1.82) is 0 Å². The summed E-state index contributed by atoms with van der Waals surface area (Å²) in [6.45, 7) is 6.53. The fourth-order valence-corrected chi connectivity index (χ4v) is 2.60. The van der Waals surface area contributed by atoms with Crippen molar-refractivity contribution in [3.8, 4) is 0 Å². The lowest BCUT2D eigenvalue weighted by atomic mass is 10.1. The summed E-state index contributed by atoms with van der Waals surface area (Å²) in [5.41, 5.74) is 1.38. The van der Waals surface area contributed by atoms with Crippen LogP contribution in [0.3, 0.4) is 0 Å². The zero-order chi connectivity index (χ0) is 17.8. The SMILES string of the molecule is C=Cc1ccc(C(=O)C=CC(=O)NCCCCCCCC)cc1S. The monoisotopic (exact) mass is 345 g/mol. The topological polar surface area (TPSA) is 46.2 Å². The van der Waals surface area contributed by atoms with E-state index in [4.69, 9.17) is 0 Å². The van der Waals surface area contributed by atoms with Crippen LogP contribution >= 0.6 is 12.6 Å². The highest BCUT2D eigenvalue weighted by Gasteiger charge is 2.05. The number of carbonyl (C=O) groups is 2. The molecule has 0 spiro atoms. The smallest absolute Gasteiger partial charge is 0.244 e. The lowest BCUT2D eigenvalue weighted by Gasteiger charge is -2.03. The third-order valence-corrected chi connectivity index (χ3v) is 4.14. The first-order valence-electron chi connectivity index (χ1n) is 8.54. The Balaban J connectivity index is 2.34. The minimum atomic E-state index is -0.231. The fourth-order valence-electron chi connectivity index (χ4n) is 2.29. The molecule has 0 bridgehead atoms. The van der Waals surface area contributed by atoms with E-state index in [1.165, 1.54) is 37.8 Å². The maximum absolute atomic E-state index is 12.1. The minimum absolute atomic E-state index is 0.212. The van der Waals surface area contributed by atoms with Crippen molar-refractivity contribution in [2.45, 2.75) is 50.3 Å². The van der Waals surface area contributed by atoms with Crippen LogP contribution in [0.1, 0.15) is 61.4 Å². The van der Waals surface area contributed by atoms with Crippen LogP contribution in [0.2, 0.25) is 0 Å². The van der Waals surface area contributed by atoms with Gasteiger partial charge in [-0.25, -0.2) is 0 Å². The molecular weight excluding hydrogens is 318 g/mol. The number of hydrogen-bond donors (Lipinski definition) is 2. The van der Waals surface area contributed by atoms with Gasteiger partial charge in [0.15, 0.2) is 5.78 Å². The van der Waals surface area contributed by atoms with Crippen LogP contribution in [0.4, 0.5) is 0 Å². The van der Waals surface area contributed by atoms with Gasteiger partial charge in [-0.2, -0.15) is 0 Å². The Bertz CT molecular complexity index is 593. The summed E-state index contributed by atoms with van der Waals surface area (Å²) in [6.07, 6.45) is 11.4. The Kier molecular flexibility index (Phi) is 9.85. The Morgan fingerprint density at radius 2 is 1.83 bits per heavy atom. The van der Waals surface area contributed by atoms with Crippen molar-refractivity contribution in [1.82, 2.24) is 5.32 Å². The molecule has 0 aliphatic rings. The predicted molar refractivity (Wildman–Crippen MR) is 104 cm³/mol. The van der Waals surface area contributed by atoms with Gasteiger partial charge in [0.05, 0.1) is 0 Å². The zero-order valence-corrected chi connectivity index (χ0v) is 15.3. The third-order valence-electron chi connectivity index (χ3n) is 3.75. The largest absolute Gasteiger partial charge is 0.353 e. The molecule has 0 fully saturated rings. The van der Waals surface area contributed by atoms with Crippen LogP contribution in [0, 0.1) is 0 Å². The van der Waals surface area contributed by atoms with Gasteiger partial charge >= 0.3 is 0 Å². The van der Waals surface area contributed by atoms with Crippen LogP contribution in [-0.2, 0) is 4.79 Å².